The summed E-state index contributed by atoms with van der Waals surface area (Å²) in [4.78, 5) is 12.2. The maximum Gasteiger partial charge on any atom is 0.137 e. The van der Waals surface area contributed by atoms with Gasteiger partial charge in [0.2, 0.25) is 0 Å². The Bertz CT molecular complexity index is 500. The van der Waals surface area contributed by atoms with Crippen molar-refractivity contribution in [3.8, 4) is 0 Å². The normalized spacial score (nSPS) is 28.8. The molecular weight excluding hydrogens is 307 g/mol. The molecule has 1 aromatic carbocycles. The van der Waals surface area contributed by atoms with Crippen molar-refractivity contribution in [3.05, 3.63) is 34.1 Å². The highest BCUT2D eigenvalue weighted by Crippen LogP contribution is 2.49. The Morgan fingerprint density at radius 1 is 1.32 bits per heavy atom. The van der Waals surface area contributed by atoms with Crippen LogP contribution in [0.25, 0.3) is 0 Å². The Morgan fingerprint density at radius 2 is 2.16 bits per heavy atom. The van der Waals surface area contributed by atoms with Gasteiger partial charge >= 0.3 is 0 Å². The quantitative estimate of drug-likeness (QED) is 0.795. The van der Waals surface area contributed by atoms with E-state index in [2.05, 4.69) is 15.9 Å². The summed E-state index contributed by atoms with van der Waals surface area (Å²) in [6.07, 6.45) is 6.43. The molecule has 0 N–H and O–H groups in total. The molecule has 0 aliphatic heterocycles. The molecule has 3 heteroatoms. The zero-order valence-corrected chi connectivity index (χ0v) is 12.5. The van der Waals surface area contributed by atoms with Crippen LogP contribution in [0.1, 0.15) is 37.7 Å². The van der Waals surface area contributed by atoms with Gasteiger partial charge in [-0.05, 0) is 54.7 Å². The number of carbonyl (C=O) groups is 1. The molecule has 102 valence electrons. The van der Waals surface area contributed by atoms with Crippen molar-refractivity contribution in [2.75, 3.05) is 0 Å². The molecular formula is C16H18BrFO. The standard InChI is InChI=1S/C16H18BrFO/c17-16-9-14(18)4-3-12(16)7-15(19)8-13-6-10-1-2-11(13)5-10/h3-4,9-11,13H,1-2,5-8H2. The van der Waals surface area contributed by atoms with Gasteiger partial charge in [0, 0.05) is 17.3 Å². The van der Waals surface area contributed by atoms with Crippen LogP contribution >= 0.6 is 15.9 Å². The molecule has 0 radical (unpaired) electrons. The first-order chi connectivity index (χ1) is 9.11. The summed E-state index contributed by atoms with van der Waals surface area (Å²) in [5, 5.41) is 0. The summed E-state index contributed by atoms with van der Waals surface area (Å²) >= 11 is 3.33. The van der Waals surface area contributed by atoms with Crippen LogP contribution in [0.5, 0.6) is 0 Å². The Kier molecular flexibility index (Phi) is 3.75. The van der Waals surface area contributed by atoms with Gasteiger partial charge in [0.15, 0.2) is 0 Å². The fourth-order valence-electron chi connectivity index (χ4n) is 3.87. The predicted molar refractivity (Wildman–Crippen MR) is 76.4 cm³/mol. The van der Waals surface area contributed by atoms with E-state index in [4.69, 9.17) is 0 Å². The average molecular weight is 325 g/mol. The van der Waals surface area contributed by atoms with Crippen LogP contribution in [0.2, 0.25) is 0 Å². The summed E-state index contributed by atoms with van der Waals surface area (Å²) in [6.45, 7) is 0. The van der Waals surface area contributed by atoms with Gasteiger partial charge in [0.05, 0.1) is 0 Å². The summed E-state index contributed by atoms with van der Waals surface area (Å²) in [5.41, 5.74) is 0.898. The summed E-state index contributed by atoms with van der Waals surface area (Å²) in [6, 6.07) is 4.56. The monoisotopic (exact) mass is 324 g/mol. The second-order valence-corrected chi connectivity index (χ2v) is 6.94. The molecule has 0 heterocycles. The van der Waals surface area contributed by atoms with E-state index in [1.54, 1.807) is 6.07 Å². The van der Waals surface area contributed by atoms with Crippen molar-refractivity contribution in [2.45, 2.75) is 38.5 Å². The lowest BCUT2D eigenvalue weighted by Crippen LogP contribution is -2.16. The van der Waals surface area contributed by atoms with E-state index in [9.17, 15) is 9.18 Å². The van der Waals surface area contributed by atoms with Crippen molar-refractivity contribution in [3.63, 3.8) is 0 Å². The number of halogens is 2. The first kappa shape index (κ1) is 13.3. The van der Waals surface area contributed by atoms with Crippen LogP contribution < -0.4 is 0 Å². The first-order valence-corrected chi connectivity index (χ1v) is 7.86. The SMILES string of the molecule is O=C(Cc1ccc(F)cc1Br)CC1CC2CCC1C2. The number of fused-ring (bicyclic) bond motifs is 2. The van der Waals surface area contributed by atoms with Crippen LogP contribution in [-0.4, -0.2) is 5.78 Å². The lowest BCUT2D eigenvalue weighted by molar-refractivity contribution is -0.119. The molecule has 0 amide bonds. The third-order valence-corrected chi connectivity index (χ3v) is 5.52. The highest BCUT2D eigenvalue weighted by atomic mass is 79.9. The van der Waals surface area contributed by atoms with E-state index in [1.807, 2.05) is 0 Å². The fraction of sp³-hybridized carbons (Fsp3) is 0.562. The van der Waals surface area contributed by atoms with Crippen molar-refractivity contribution in [1.82, 2.24) is 0 Å². The topological polar surface area (TPSA) is 17.1 Å². The zero-order chi connectivity index (χ0) is 13.4. The minimum Gasteiger partial charge on any atom is -0.299 e. The maximum absolute atomic E-state index is 13.0. The van der Waals surface area contributed by atoms with Crippen molar-refractivity contribution >= 4 is 21.7 Å². The number of hydrogen-bond donors (Lipinski definition) is 0. The molecule has 2 aliphatic carbocycles. The molecule has 2 bridgehead atoms. The largest absolute Gasteiger partial charge is 0.299 e. The van der Waals surface area contributed by atoms with Gasteiger partial charge in [-0.2, -0.15) is 0 Å². The first-order valence-electron chi connectivity index (χ1n) is 7.07. The molecule has 0 aromatic heterocycles. The number of carbonyl (C=O) groups excluding carboxylic acids is 1. The number of ketones is 1. The van der Waals surface area contributed by atoms with Gasteiger partial charge in [0.1, 0.15) is 11.6 Å². The van der Waals surface area contributed by atoms with Crippen LogP contribution in [0.15, 0.2) is 22.7 Å². The van der Waals surface area contributed by atoms with Gasteiger partial charge in [-0.3, -0.25) is 4.79 Å². The minimum atomic E-state index is -0.267. The van der Waals surface area contributed by atoms with Gasteiger partial charge in [-0.25, -0.2) is 4.39 Å². The van der Waals surface area contributed by atoms with Crippen LogP contribution in [-0.2, 0) is 11.2 Å². The van der Waals surface area contributed by atoms with Crippen LogP contribution in [0.4, 0.5) is 4.39 Å². The summed E-state index contributed by atoms with van der Waals surface area (Å²) in [7, 11) is 0. The van der Waals surface area contributed by atoms with Gasteiger partial charge in [0.25, 0.3) is 0 Å². The Balaban J connectivity index is 1.59. The summed E-state index contributed by atoms with van der Waals surface area (Å²) in [5.74, 6) is 2.33. The molecule has 1 nitrogen and oxygen atoms in total. The molecule has 3 atom stereocenters. The number of Topliss-reactive ketones (excluding diaryl/α,β-unsaturated/α-hetero) is 1. The average Bonchev–Trinajstić information content (AvgIpc) is 2.95. The van der Waals surface area contributed by atoms with Gasteiger partial charge < -0.3 is 0 Å². The number of benzene rings is 1. The molecule has 2 aliphatic rings. The van der Waals surface area contributed by atoms with E-state index in [0.29, 0.717) is 29.0 Å². The number of hydrogen-bond acceptors (Lipinski definition) is 1. The van der Waals surface area contributed by atoms with Crippen molar-refractivity contribution in [1.29, 1.82) is 0 Å². The van der Waals surface area contributed by atoms with E-state index < -0.39 is 0 Å². The summed E-state index contributed by atoms with van der Waals surface area (Å²) < 4.78 is 13.7. The zero-order valence-electron chi connectivity index (χ0n) is 10.9. The van der Waals surface area contributed by atoms with Gasteiger partial charge in [-0.15, -0.1) is 0 Å². The predicted octanol–water partition coefficient (Wildman–Crippen LogP) is 4.53. The van der Waals surface area contributed by atoms with Crippen LogP contribution in [0.3, 0.4) is 0 Å². The molecule has 2 fully saturated rings. The lowest BCUT2D eigenvalue weighted by atomic mass is 9.84. The minimum absolute atomic E-state index is 0.267. The maximum atomic E-state index is 13.0. The Morgan fingerprint density at radius 3 is 2.79 bits per heavy atom. The van der Waals surface area contributed by atoms with E-state index >= 15 is 0 Å². The highest BCUT2D eigenvalue weighted by Gasteiger charge is 2.39. The Labute approximate surface area is 121 Å². The van der Waals surface area contributed by atoms with Crippen molar-refractivity contribution < 1.29 is 9.18 Å². The smallest absolute Gasteiger partial charge is 0.137 e. The van der Waals surface area contributed by atoms with E-state index in [1.165, 1.54) is 37.8 Å². The Hall–Kier alpha value is -0.700. The third kappa shape index (κ3) is 2.91. The second-order valence-electron chi connectivity index (χ2n) is 6.09. The van der Waals surface area contributed by atoms with E-state index in [-0.39, 0.29) is 5.82 Å². The molecule has 3 rings (SSSR count). The molecule has 0 spiro atoms. The molecule has 1 aromatic rings. The second kappa shape index (κ2) is 5.35. The third-order valence-electron chi connectivity index (χ3n) is 4.78. The van der Waals surface area contributed by atoms with Gasteiger partial charge in [-0.1, -0.05) is 28.4 Å². The highest BCUT2D eigenvalue weighted by molar-refractivity contribution is 9.10. The molecule has 0 saturated heterocycles. The number of rotatable bonds is 4. The van der Waals surface area contributed by atoms with Crippen molar-refractivity contribution in [2.24, 2.45) is 17.8 Å². The molecule has 19 heavy (non-hydrogen) atoms. The van der Waals surface area contributed by atoms with Crippen LogP contribution in [0, 0.1) is 23.6 Å². The molecule has 3 unspecified atom stereocenters. The lowest BCUT2D eigenvalue weighted by Gasteiger charge is -2.20. The van der Waals surface area contributed by atoms with E-state index in [0.717, 1.165) is 17.4 Å². The fourth-order valence-corrected chi connectivity index (χ4v) is 4.36. The molecule has 2 saturated carbocycles.